The molecule has 0 unspecified atom stereocenters. The molecule has 0 bridgehead atoms. The zero-order chi connectivity index (χ0) is 23.7. The average molecular weight is 573 g/mol. The summed E-state index contributed by atoms with van der Waals surface area (Å²) in [4.78, 5) is 19.1. The van der Waals surface area contributed by atoms with Crippen LogP contribution < -0.4 is 15.4 Å². The summed E-state index contributed by atoms with van der Waals surface area (Å²) in [5, 5.41) is 6.97. The first kappa shape index (κ1) is 29.5. The van der Waals surface area contributed by atoms with Crippen LogP contribution in [-0.4, -0.2) is 55.6 Å². The highest BCUT2D eigenvalue weighted by Gasteiger charge is 2.25. The van der Waals surface area contributed by atoms with Crippen molar-refractivity contribution in [2.24, 2.45) is 16.8 Å². The second-order valence-corrected chi connectivity index (χ2v) is 10.2. The predicted molar refractivity (Wildman–Crippen MR) is 149 cm³/mol. The van der Waals surface area contributed by atoms with Gasteiger partial charge in [-0.05, 0) is 43.4 Å². The van der Waals surface area contributed by atoms with Crippen LogP contribution in [0, 0.1) is 11.8 Å². The summed E-state index contributed by atoms with van der Waals surface area (Å²) < 4.78 is 5.81. The zero-order valence-corrected chi connectivity index (χ0v) is 23.9. The van der Waals surface area contributed by atoms with Gasteiger partial charge in [0.05, 0.1) is 13.2 Å². The summed E-state index contributed by atoms with van der Waals surface area (Å²) in [6, 6.07) is 8.74. The number of hydrogen-bond donors (Lipinski definition) is 2. The Morgan fingerprint density at radius 1 is 1.15 bits per heavy atom. The molecule has 0 aliphatic carbocycles. The van der Waals surface area contributed by atoms with Gasteiger partial charge in [0, 0.05) is 37.0 Å². The third-order valence-electron chi connectivity index (χ3n) is 5.84. The molecule has 1 aliphatic rings. The van der Waals surface area contributed by atoms with Gasteiger partial charge < -0.3 is 20.3 Å². The van der Waals surface area contributed by atoms with E-state index in [2.05, 4.69) is 69.5 Å². The third-order valence-corrected chi connectivity index (χ3v) is 5.84. The van der Waals surface area contributed by atoms with Crippen LogP contribution in [0.15, 0.2) is 29.3 Å². The van der Waals surface area contributed by atoms with Gasteiger partial charge in [0.1, 0.15) is 5.75 Å². The molecule has 1 aromatic carbocycles. The van der Waals surface area contributed by atoms with Crippen molar-refractivity contribution in [1.82, 2.24) is 15.5 Å². The van der Waals surface area contributed by atoms with Gasteiger partial charge in [-0.1, -0.05) is 53.7 Å². The maximum absolute atomic E-state index is 12.2. The van der Waals surface area contributed by atoms with Crippen molar-refractivity contribution in [2.75, 3.05) is 32.8 Å². The fourth-order valence-electron chi connectivity index (χ4n) is 3.76. The first-order valence-electron chi connectivity index (χ1n) is 12.2. The maximum Gasteiger partial charge on any atom is 0.225 e. The van der Waals surface area contributed by atoms with Crippen molar-refractivity contribution < 1.29 is 9.53 Å². The van der Waals surface area contributed by atoms with Gasteiger partial charge in [0.25, 0.3) is 0 Å². The number of likely N-dealkylation sites (tertiary alicyclic amines) is 1. The van der Waals surface area contributed by atoms with Crippen LogP contribution in [0.25, 0.3) is 0 Å². The van der Waals surface area contributed by atoms with E-state index in [1.165, 1.54) is 5.56 Å². The van der Waals surface area contributed by atoms with E-state index >= 15 is 0 Å². The lowest BCUT2D eigenvalue weighted by Gasteiger charge is -2.34. The fourth-order valence-corrected chi connectivity index (χ4v) is 3.76. The molecule has 0 saturated carbocycles. The number of carbonyl (C=O) groups is 1. The number of guanidine groups is 1. The lowest BCUT2D eigenvalue weighted by Crippen LogP contribution is -2.50. The van der Waals surface area contributed by atoms with Crippen molar-refractivity contribution in [3.63, 3.8) is 0 Å². The van der Waals surface area contributed by atoms with Crippen LogP contribution in [0.4, 0.5) is 0 Å². The minimum absolute atomic E-state index is 0. The quantitative estimate of drug-likeness (QED) is 0.253. The number of aliphatic imine (C=N–C) groups is 1. The SMILES string of the molecule is CCNC(=NCC(C)(C)c1ccc(OCC(C)C)cc1)NC1CCN(C(=O)C(C)C)CC1.I. The molecule has 0 radical (unpaired) electrons. The minimum Gasteiger partial charge on any atom is -0.493 e. The molecule has 33 heavy (non-hydrogen) atoms. The molecule has 1 aromatic rings. The highest BCUT2D eigenvalue weighted by molar-refractivity contribution is 14.0. The van der Waals surface area contributed by atoms with E-state index in [4.69, 9.17) is 9.73 Å². The van der Waals surface area contributed by atoms with Crippen LogP contribution in [0.1, 0.15) is 66.9 Å². The zero-order valence-electron chi connectivity index (χ0n) is 21.6. The Morgan fingerprint density at radius 2 is 1.76 bits per heavy atom. The largest absolute Gasteiger partial charge is 0.493 e. The minimum atomic E-state index is -0.0913. The first-order valence-corrected chi connectivity index (χ1v) is 12.2. The van der Waals surface area contributed by atoms with Gasteiger partial charge in [-0.15, -0.1) is 24.0 Å². The number of halogens is 1. The predicted octanol–water partition coefficient (Wildman–Crippen LogP) is 4.82. The van der Waals surface area contributed by atoms with Crippen molar-refractivity contribution in [1.29, 1.82) is 0 Å². The van der Waals surface area contributed by atoms with Crippen LogP contribution in [0.5, 0.6) is 5.75 Å². The fraction of sp³-hybridized carbons (Fsp3) is 0.692. The molecule has 0 spiro atoms. The normalized spacial score (nSPS) is 15.4. The number of rotatable bonds is 9. The molecular formula is C26H45IN4O2. The van der Waals surface area contributed by atoms with Gasteiger partial charge in [0.2, 0.25) is 5.91 Å². The molecule has 1 fully saturated rings. The molecule has 2 rings (SSSR count). The molecule has 1 heterocycles. The summed E-state index contributed by atoms with van der Waals surface area (Å²) in [6.07, 6.45) is 1.90. The Balaban J connectivity index is 0.00000544. The van der Waals surface area contributed by atoms with Crippen LogP contribution >= 0.6 is 24.0 Å². The Bertz CT molecular complexity index is 739. The third kappa shape index (κ3) is 9.71. The summed E-state index contributed by atoms with van der Waals surface area (Å²) in [5.74, 6) is 2.60. The van der Waals surface area contributed by atoms with Crippen molar-refractivity contribution >= 4 is 35.8 Å². The Labute approximate surface area is 218 Å². The Morgan fingerprint density at radius 3 is 2.27 bits per heavy atom. The van der Waals surface area contributed by atoms with Gasteiger partial charge in [-0.25, -0.2) is 0 Å². The van der Waals surface area contributed by atoms with Gasteiger partial charge in [0.15, 0.2) is 5.96 Å². The van der Waals surface area contributed by atoms with Gasteiger partial charge >= 0.3 is 0 Å². The van der Waals surface area contributed by atoms with Crippen molar-refractivity contribution in [3.05, 3.63) is 29.8 Å². The second-order valence-electron chi connectivity index (χ2n) is 10.2. The molecule has 6 nitrogen and oxygen atoms in total. The topological polar surface area (TPSA) is 66.0 Å². The average Bonchev–Trinajstić information content (AvgIpc) is 2.76. The highest BCUT2D eigenvalue weighted by atomic mass is 127. The Hall–Kier alpha value is -1.51. The monoisotopic (exact) mass is 572 g/mol. The number of hydrogen-bond acceptors (Lipinski definition) is 3. The number of ether oxygens (including phenoxy) is 1. The first-order chi connectivity index (χ1) is 15.1. The van der Waals surface area contributed by atoms with Crippen LogP contribution in [0.2, 0.25) is 0 Å². The molecule has 0 atom stereocenters. The highest BCUT2D eigenvalue weighted by Crippen LogP contribution is 2.26. The van der Waals surface area contributed by atoms with E-state index in [1.54, 1.807) is 0 Å². The standard InChI is InChI=1S/C26H44N4O2.HI/c1-8-27-25(29-22-13-15-30(16-14-22)24(31)20(4)5)28-18-26(6,7)21-9-11-23(12-10-21)32-17-19(2)3;/h9-12,19-20,22H,8,13-18H2,1-7H3,(H2,27,28,29);1H. The second kappa shape index (κ2) is 14.0. The molecule has 7 heteroatoms. The summed E-state index contributed by atoms with van der Waals surface area (Å²) in [7, 11) is 0. The molecule has 0 aromatic heterocycles. The molecule has 1 amide bonds. The van der Waals surface area contributed by atoms with Gasteiger partial charge in [-0.2, -0.15) is 0 Å². The van der Waals surface area contributed by atoms with Gasteiger partial charge in [-0.3, -0.25) is 9.79 Å². The number of nitrogens with one attached hydrogen (secondary N) is 2. The van der Waals surface area contributed by atoms with Crippen molar-refractivity contribution in [3.8, 4) is 5.75 Å². The molecule has 1 aliphatic heterocycles. The number of nitrogens with zero attached hydrogens (tertiary/aromatic N) is 2. The van der Waals surface area contributed by atoms with E-state index < -0.39 is 0 Å². The summed E-state index contributed by atoms with van der Waals surface area (Å²) >= 11 is 0. The van der Waals surface area contributed by atoms with E-state index in [-0.39, 0.29) is 41.2 Å². The number of piperidine rings is 1. The summed E-state index contributed by atoms with van der Waals surface area (Å²) in [6.45, 7) is 18.6. The number of amides is 1. The Kier molecular flexibility index (Phi) is 12.5. The van der Waals surface area contributed by atoms with Crippen LogP contribution in [0.3, 0.4) is 0 Å². The van der Waals surface area contributed by atoms with E-state index in [0.717, 1.165) is 50.8 Å². The van der Waals surface area contributed by atoms with E-state index in [1.807, 2.05) is 18.7 Å². The molecule has 188 valence electrons. The number of carbonyl (C=O) groups excluding carboxylic acids is 1. The smallest absolute Gasteiger partial charge is 0.225 e. The number of benzene rings is 1. The lowest BCUT2D eigenvalue weighted by molar-refractivity contribution is -0.135. The molecule has 1 saturated heterocycles. The van der Waals surface area contributed by atoms with E-state index in [9.17, 15) is 4.79 Å². The summed E-state index contributed by atoms with van der Waals surface area (Å²) in [5.41, 5.74) is 1.15. The van der Waals surface area contributed by atoms with Crippen LogP contribution in [-0.2, 0) is 10.2 Å². The molecule has 2 N–H and O–H groups in total. The maximum atomic E-state index is 12.2. The van der Waals surface area contributed by atoms with Crippen molar-refractivity contribution in [2.45, 2.75) is 72.8 Å². The van der Waals surface area contributed by atoms with E-state index in [0.29, 0.717) is 18.5 Å². The lowest BCUT2D eigenvalue weighted by atomic mass is 9.85. The molecular weight excluding hydrogens is 527 g/mol.